The highest BCUT2D eigenvalue weighted by Gasteiger charge is 2.13. The molecule has 1 aliphatic heterocycles. The molecule has 1 fully saturated rings. The van der Waals surface area contributed by atoms with E-state index in [0.717, 1.165) is 77.8 Å². The fourth-order valence-electron chi connectivity index (χ4n) is 2.75. The summed E-state index contributed by atoms with van der Waals surface area (Å²) in [7, 11) is 2.18. The molecule has 0 radical (unpaired) electrons. The number of nitrogens with zero attached hydrogens (tertiary/aromatic N) is 2. The summed E-state index contributed by atoms with van der Waals surface area (Å²) in [5.41, 5.74) is 0. The Labute approximate surface area is 154 Å². The number of hydrogen-bond acceptors (Lipinski definition) is 4. The van der Waals surface area contributed by atoms with Crippen molar-refractivity contribution in [2.24, 2.45) is 10.9 Å². The van der Waals surface area contributed by atoms with Crippen molar-refractivity contribution < 1.29 is 9.47 Å². The first kappa shape index (κ1) is 22.2. The minimum absolute atomic E-state index is 0.620. The Balaban J connectivity index is 2.12. The summed E-state index contributed by atoms with van der Waals surface area (Å²) in [6.45, 7) is 13.6. The van der Waals surface area contributed by atoms with Gasteiger partial charge in [0.1, 0.15) is 0 Å². The molecule has 1 unspecified atom stereocenters. The summed E-state index contributed by atoms with van der Waals surface area (Å²) in [6, 6.07) is 0.620. The van der Waals surface area contributed by atoms with Crippen molar-refractivity contribution >= 4 is 5.96 Å². The average Bonchev–Trinajstić information content (AvgIpc) is 2.64. The summed E-state index contributed by atoms with van der Waals surface area (Å²) in [5.74, 6) is 1.59. The molecule has 2 N–H and O–H groups in total. The van der Waals surface area contributed by atoms with Crippen molar-refractivity contribution in [2.45, 2.75) is 52.5 Å². The quantitative estimate of drug-likeness (QED) is 0.319. The van der Waals surface area contributed by atoms with Crippen LogP contribution in [0.4, 0.5) is 0 Å². The molecule has 0 aromatic rings. The average molecular weight is 357 g/mol. The molecule has 1 atom stereocenters. The van der Waals surface area contributed by atoms with Gasteiger partial charge in [-0.1, -0.05) is 6.92 Å². The third kappa shape index (κ3) is 10.7. The van der Waals surface area contributed by atoms with Crippen LogP contribution in [0.15, 0.2) is 4.99 Å². The first-order chi connectivity index (χ1) is 12.2. The topological polar surface area (TPSA) is 58.1 Å². The number of aliphatic imine (C=N–C) groups is 1. The molecule has 6 heteroatoms. The smallest absolute Gasteiger partial charge is 0.191 e. The van der Waals surface area contributed by atoms with E-state index in [1.54, 1.807) is 0 Å². The Morgan fingerprint density at radius 1 is 1.28 bits per heavy atom. The molecule has 0 aromatic carbocycles. The van der Waals surface area contributed by atoms with Crippen LogP contribution in [0.1, 0.15) is 46.5 Å². The van der Waals surface area contributed by atoms with E-state index in [4.69, 9.17) is 9.47 Å². The van der Waals surface area contributed by atoms with Gasteiger partial charge in [-0.2, -0.15) is 0 Å². The first-order valence-corrected chi connectivity index (χ1v) is 10.0. The van der Waals surface area contributed by atoms with Gasteiger partial charge < -0.3 is 25.0 Å². The van der Waals surface area contributed by atoms with Crippen LogP contribution >= 0.6 is 0 Å². The molecule has 148 valence electrons. The number of likely N-dealkylation sites (N-methyl/N-ethyl adjacent to an activating group) is 1. The van der Waals surface area contributed by atoms with Gasteiger partial charge in [0.25, 0.3) is 0 Å². The summed E-state index contributed by atoms with van der Waals surface area (Å²) < 4.78 is 11.2. The molecule has 0 saturated carbocycles. The zero-order valence-corrected chi connectivity index (χ0v) is 16.9. The fraction of sp³-hybridized carbons (Fsp3) is 0.947. The van der Waals surface area contributed by atoms with Gasteiger partial charge in [-0.3, -0.25) is 4.99 Å². The van der Waals surface area contributed by atoms with Crippen molar-refractivity contribution in [1.82, 2.24) is 15.5 Å². The Hall–Kier alpha value is -0.850. The first-order valence-electron chi connectivity index (χ1n) is 10.0. The number of hydrogen-bond donors (Lipinski definition) is 2. The molecule has 1 saturated heterocycles. The second-order valence-electron chi connectivity index (χ2n) is 6.91. The van der Waals surface area contributed by atoms with E-state index >= 15 is 0 Å². The van der Waals surface area contributed by atoms with Crippen molar-refractivity contribution in [3.8, 4) is 0 Å². The lowest BCUT2D eigenvalue weighted by molar-refractivity contribution is 0.0205. The second kappa shape index (κ2) is 14.3. The molecule has 0 aliphatic carbocycles. The largest absolute Gasteiger partial charge is 0.381 e. The van der Waals surface area contributed by atoms with Crippen LogP contribution in [0.25, 0.3) is 0 Å². The van der Waals surface area contributed by atoms with Crippen LogP contribution < -0.4 is 10.6 Å². The van der Waals surface area contributed by atoms with Gasteiger partial charge in [0.05, 0.1) is 0 Å². The van der Waals surface area contributed by atoms with Crippen LogP contribution in [-0.2, 0) is 9.47 Å². The lowest BCUT2D eigenvalue weighted by atomic mass is 10.0. The van der Waals surface area contributed by atoms with E-state index < -0.39 is 0 Å². The van der Waals surface area contributed by atoms with Crippen molar-refractivity contribution in [2.75, 3.05) is 59.7 Å². The summed E-state index contributed by atoms with van der Waals surface area (Å²) >= 11 is 0. The highest BCUT2D eigenvalue weighted by molar-refractivity contribution is 5.79. The van der Waals surface area contributed by atoms with Gasteiger partial charge >= 0.3 is 0 Å². The molecule has 25 heavy (non-hydrogen) atoms. The minimum atomic E-state index is 0.620. The van der Waals surface area contributed by atoms with Crippen LogP contribution in [0.2, 0.25) is 0 Å². The Morgan fingerprint density at radius 3 is 2.72 bits per heavy atom. The molecule has 0 bridgehead atoms. The number of nitrogens with one attached hydrogen (secondary N) is 2. The third-order valence-electron chi connectivity index (χ3n) is 4.86. The highest BCUT2D eigenvalue weighted by atomic mass is 16.5. The van der Waals surface area contributed by atoms with Crippen LogP contribution in [-0.4, -0.2) is 76.6 Å². The summed E-state index contributed by atoms with van der Waals surface area (Å²) in [4.78, 5) is 7.01. The highest BCUT2D eigenvalue weighted by Crippen LogP contribution is 2.14. The van der Waals surface area contributed by atoms with E-state index in [9.17, 15) is 0 Å². The van der Waals surface area contributed by atoms with E-state index in [1.165, 1.54) is 6.42 Å². The molecule has 0 aromatic heterocycles. The van der Waals surface area contributed by atoms with Gasteiger partial charge in [-0.15, -0.1) is 0 Å². The predicted octanol–water partition coefficient (Wildman–Crippen LogP) is 2.11. The SMILES string of the molecule is CCNC(=NCCCOCC1CCOCC1)NCCN(C)C(C)CC. The van der Waals surface area contributed by atoms with Gasteiger partial charge in [0.2, 0.25) is 0 Å². The summed E-state index contributed by atoms with van der Waals surface area (Å²) in [6.07, 6.45) is 4.42. The molecule has 0 spiro atoms. The van der Waals surface area contributed by atoms with Gasteiger partial charge in [0, 0.05) is 58.6 Å². The zero-order chi connectivity index (χ0) is 18.3. The van der Waals surface area contributed by atoms with Crippen molar-refractivity contribution in [3.63, 3.8) is 0 Å². The third-order valence-corrected chi connectivity index (χ3v) is 4.86. The van der Waals surface area contributed by atoms with E-state index in [2.05, 4.69) is 48.3 Å². The number of ether oxygens (including phenoxy) is 2. The lowest BCUT2D eigenvalue weighted by Gasteiger charge is -2.24. The molecular formula is C19H40N4O2. The van der Waals surface area contributed by atoms with Gasteiger partial charge in [0.15, 0.2) is 5.96 Å². The Kier molecular flexibility index (Phi) is 12.7. The molecule has 1 rings (SSSR count). The number of guanidine groups is 1. The fourth-order valence-corrected chi connectivity index (χ4v) is 2.75. The molecule has 1 aliphatic rings. The molecule has 1 heterocycles. The van der Waals surface area contributed by atoms with Gasteiger partial charge in [-0.05, 0) is 52.5 Å². The molecule has 6 nitrogen and oxygen atoms in total. The lowest BCUT2D eigenvalue weighted by Crippen LogP contribution is -2.42. The Bertz CT molecular complexity index is 346. The minimum Gasteiger partial charge on any atom is -0.381 e. The summed E-state index contributed by atoms with van der Waals surface area (Å²) in [5, 5.41) is 6.72. The Morgan fingerprint density at radius 2 is 2.04 bits per heavy atom. The normalized spacial score (nSPS) is 17.7. The van der Waals surface area contributed by atoms with Crippen molar-refractivity contribution in [1.29, 1.82) is 0 Å². The molecular weight excluding hydrogens is 316 g/mol. The second-order valence-corrected chi connectivity index (χ2v) is 6.91. The van der Waals surface area contributed by atoms with Crippen LogP contribution in [0.3, 0.4) is 0 Å². The van der Waals surface area contributed by atoms with E-state index in [-0.39, 0.29) is 0 Å². The van der Waals surface area contributed by atoms with E-state index in [1.807, 2.05) is 0 Å². The predicted molar refractivity (Wildman–Crippen MR) is 105 cm³/mol. The maximum atomic E-state index is 5.79. The maximum Gasteiger partial charge on any atom is 0.191 e. The monoisotopic (exact) mass is 356 g/mol. The maximum absolute atomic E-state index is 5.79. The number of rotatable bonds is 12. The zero-order valence-electron chi connectivity index (χ0n) is 16.9. The van der Waals surface area contributed by atoms with Crippen molar-refractivity contribution in [3.05, 3.63) is 0 Å². The van der Waals surface area contributed by atoms with Crippen LogP contribution in [0, 0.1) is 5.92 Å². The van der Waals surface area contributed by atoms with Gasteiger partial charge in [-0.25, -0.2) is 0 Å². The van der Waals surface area contributed by atoms with Crippen LogP contribution in [0.5, 0.6) is 0 Å². The van der Waals surface area contributed by atoms with E-state index in [0.29, 0.717) is 12.0 Å². The molecule has 0 amide bonds. The standard InChI is InChI=1S/C19H40N4O2/c1-5-17(3)23(4)12-11-22-19(20-6-2)21-10-7-13-25-16-18-8-14-24-15-9-18/h17-18H,5-16H2,1-4H3,(H2,20,21,22).